The standard InChI is InChI=1S/C9H14O3/c1-6(2)8(10)7-4-3-5-12-9(7)11/h6-7H,3-5H2,1-2H3. The first-order chi connectivity index (χ1) is 5.63. The minimum atomic E-state index is -0.487. The van der Waals surface area contributed by atoms with Crippen LogP contribution in [0.1, 0.15) is 26.7 Å². The number of hydrogen-bond donors (Lipinski definition) is 0. The zero-order valence-corrected chi connectivity index (χ0v) is 7.50. The predicted molar refractivity (Wildman–Crippen MR) is 43.5 cm³/mol. The minimum Gasteiger partial charge on any atom is -0.465 e. The van der Waals surface area contributed by atoms with E-state index in [4.69, 9.17) is 4.74 Å². The van der Waals surface area contributed by atoms with Gasteiger partial charge < -0.3 is 4.74 Å². The van der Waals surface area contributed by atoms with Crippen molar-refractivity contribution in [3.05, 3.63) is 0 Å². The molecule has 0 N–H and O–H groups in total. The molecule has 1 saturated heterocycles. The molecule has 68 valence electrons. The summed E-state index contributed by atoms with van der Waals surface area (Å²) in [5.74, 6) is -0.876. The number of rotatable bonds is 2. The Kier molecular flexibility index (Phi) is 2.84. The normalized spacial score (nSPS) is 23.9. The fourth-order valence-electron chi connectivity index (χ4n) is 1.34. The second kappa shape index (κ2) is 3.70. The Labute approximate surface area is 72.1 Å². The molecule has 0 saturated carbocycles. The molecular formula is C9H14O3. The lowest BCUT2D eigenvalue weighted by molar-refractivity contribution is -0.157. The summed E-state index contributed by atoms with van der Waals surface area (Å²) in [5, 5.41) is 0. The van der Waals surface area contributed by atoms with Crippen molar-refractivity contribution in [2.75, 3.05) is 6.61 Å². The summed E-state index contributed by atoms with van der Waals surface area (Å²) >= 11 is 0. The number of ketones is 1. The Morgan fingerprint density at radius 2 is 2.25 bits per heavy atom. The predicted octanol–water partition coefficient (Wildman–Crippen LogP) is 1.16. The zero-order chi connectivity index (χ0) is 9.14. The van der Waals surface area contributed by atoms with E-state index in [9.17, 15) is 9.59 Å². The van der Waals surface area contributed by atoms with E-state index in [1.807, 2.05) is 13.8 Å². The average molecular weight is 170 g/mol. The molecular weight excluding hydrogens is 156 g/mol. The van der Waals surface area contributed by atoms with E-state index in [1.165, 1.54) is 0 Å². The molecule has 0 spiro atoms. The number of carbonyl (C=O) groups is 2. The Morgan fingerprint density at radius 3 is 2.75 bits per heavy atom. The van der Waals surface area contributed by atoms with Gasteiger partial charge in [-0.3, -0.25) is 9.59 Å². The van der Waals surface area contributed by atoms with Crippen molar-refractivity contribution in [1.82, 2.24) is 0 Å². The molecule has 0 aromatic rings. The number of Topliss-reactive ketones (excluding diaryl/α,β-unsaturated/α-hetero) is 1. The van der Waals surface area contributed by atoms with Crippen LogP contribution >= 0.6 is 0 Å². The first-order valence-electron chi connectivity index (χ1n) is 4.33. The highest BCUT2D eigenvalue weighted by molar-refractivity contribution is 6.00. The molecule has 3 heteroatoms. The highest BCUT2D eigenvalue weighted by atomic mass is 16.5. The van der Waals surface area contributed by atoms with Crippen LogP contribution < -0.4 is 0 Å². The number of cyclic esters (lactones) is 1. The van der Waals surface area contributed by atoms with Gasteiger partial charge in [-0.25, -0.2) is 0 Å². The van der Waals surface area contributed by atoms with Gasteiger partial charge in [-0.2, -0.15) is 0 Å². The Balaban J connectivity index is 2.60. The Bertz CT molecular complexity index is 196. The quantitative estimate of drug-likeness (QED) is 0.461. The first-order valence-corrected chi connectivity index (χ1v) is 4.33. The molecule has 12 heavy (non-hydrogen) atoms. The van der Waals surface area contributed by atoms with E-state index < -0.39 is 5.92 Å². The van der Waals surface area contributed by atoms with Crippen molar-refractivity contribution in [2.45, 2.75) is 26.7 Å². The molecule has 1 unspecified atom stereocenters. The zero-order valence-electron chi connectivity index (χ0n) is 7.50. The summed E-state index contributed by atoms with van der Waals surface area (Å²) in [4.78, 5) is 22.5. The third-order valence-corrected chi connectivity index (χ3v) is 2.08. The van der Waals surface area contributed by atoms with Crippen LogP contribution in [0.4, 0.5) is 0 Å². The molecule has 1 rings (SSSR count). The molecule has 0 aliphatic carbocycles. The number of carbonyl (C=O) groups excluding carboxylic acids is 2. The topological polar surface area (TPSA) is 43.4 Å². The van der Waals surface area contributed by atoms with Crippen LogP contribution in [0.15, 0.2) is 0 Å². The van der Waals surface area contributed by atoms with E-state index >= 15 is 0 Å². The molecule has 1 aliphatic rings. The molecule has 1 aliphatic heterocycles. The highest BCUT2D eigenvalue weighted by Crippen LogP contribution is 2.19. The Hall–Kier alpha value is -0.860. The van der Waals surface area contributed by atoms with Crippen LogP contribution in [-0.2, 0) is 14.3 Å². The van der Waals surface area contributed by atoms with Gasteiger partial charge in [0.05, 0.1) is 6.61 Å². The second-order valence-corrected chi connectivity index (χ2v) is 3.42. The fourth-order valence-corrected chi connectivity index (χ4v) is 1.34. The Morgan fingerprint density at radius 1 is 1.58 bits per heavy atom. The second-order valence-electron chi connectivity index (χ2n) is 3.42. The van der Waals surface area contributed by atoms with E-state index in [2.05, 4.69) is 0 Å². The van der Waals surface area contributed by atoms with Gasteiger partial charge in [0.2, 0.25) is 0 Å². The van der Waals surface area contributed by atoms with Crippen LogP contribution in [0.2, 0.25) is 0 Å². The lowest BCUT2D eigenvalue weighted by Gasteiger charge is -2.20. The smallest absolute Gasteiger partial charge is 0.316 e. The number of esters is 1. The molecule has 0 amide bonds. The molecule has 3 nitrogen and oxygen atoms in total. The lowest BCUT2D eigenvalue weighted by atomic mass is 9.90. The average Bonchev–Trinajstić information content (AvgIpc) is 2.04. The molecule has 0 aromatic carbocycles. The van der Waals surface area contributed by atoms with Crippen molar-refractivity contribution >= 4 is 11.8 Å². The lowest BCUT2D eigenvalue weighted by Crippen LogP contribution is -2.33. The summed E-state index contributed by atoms with van der Waals surface area (Å²) in [7, 11) is 0. The van der Waals surface area contributed by atoms with Crippen LogP contribution in [0.5, 0.6) is 0 Å². The van der Waals surface area contributed by atoms with E-state index in [-0.39, 0.29) is 17.7 Å². The van der Waals surface area contributed by atoms with Crippen LogP contribution in [0, 0.1) is 11.8 Å². The van der Waals surface area contributed by atoms with E-state index in [1.54, 1.807) is 0 Å². The minimum absolute atomic E-state index is 0.0136. The third-order valence-electron chi connectivity index (χ3n) is 2.08. The first kappa shape index (κ1) is 9.23. The molecule has 1 heterocycles. The van der Waals surface area contributed by atoms with Crippen molar-refractivity contribution < 1.29 is 14.3 Å². The van der Waals surface area contributed by atoms with Gasteiger partial charge in [0.1, 0.15) is 11.7 Å². The summed E-state index contributed by atoms with van der Waals surface area (Å²) in [5.41, 5.74) is 0. The molecule has 0 bridgehead atoms. The van der Waals surface area contributed by atoms with Gasteiger partial charge in [-0.05, 0) is 12.8 Å². The van der Waals surface area contributed by atoms with Crippen molar-refractivity contribution in [3.63, 3.8) is 0 Å². The summed E-state index contributed by atoms with van der Waals surface area (Å²) in [6.45, 7) is 4.09. The SMILES string of the molecule is CC(C)C(=O)C1CCCOC1=O. The third kappa shape index (κ3) is 1.84. The van der Waals surface area contributed by atoms with E-state index in [0.717, 1.165) is 6.42 Å². The van der Waals surface area contributed by atoms with Crippen LogP contribution in [0.25, 0.3) is 0 Å². The fraction of sp³-hybridized carbons (Fsp3) is 0.778. The van der Waals surface area contributed by atoms with Crippen LogP contribution in [0.3, 0.4) is 0 Å². The number of hydrogen-bond acceptors (Lipinski definition) is 3. The molecule has 0 aromatic heterocycles. The van der Waals surface area contributed by atoms with Crippen LogP contribution in [-0.4, -0.2) is 18.4 Å². The van der Waals surface area contributed by atoms with Gasteiger partial charge in [0.15, 0.2) is 0 Å². The summed E-state index contributed by atoms with van der Waals surface area (Å²) in [6, 6.07) is 0. The maximum atomic E-state index is 11.4. The van der Waals surface area contributed by atoms with Gasteiger partial charge >= 0.3 is 5.97 Å². The maximum absolute atomic E-state index is 11.4. The largest absolute Gasteiger partial charge is 0.465 e. The van der Waals surface area contributed by atoms with Gasteiger partial charge in [0.25, 0.3) is 0 Å². The van der Waals surface area contributed by atoms with Gasteiger partial charge in [0, 0.05) is 5.92 Å². The molecule has 0 radical (unpaired) electrons. The maximum Gasteiger partial charge on any atom is 0.316 e. The highest BCUT2D eigenvalue weighted by Gasteiger charge is 2.31. The van der Waals surface area contributed by atoms with Crippen molar-refractivity contribution in [1.29, 1.82) is 0 Å². The molecule has 1 fully saturated rings. The summed E-state index contributed by atoms with van der Waals surface area (Å²) in [6.07, 6.45) is 1.48. The monoisotopic (exact) mass is 170 g/mol. The van der Waals surface area contributed by atoms with Crippen molar-refractivity contribution in [2.24, 2.45) is 11.8 Å². The molecule has 1 atom stereocenters. The number of ether oxygens (including phenoxy) is 1. The van der Waals surface area contributed by atoms with Gasteiger partial charge in [-0.1, -0.05) is 13.8 Å². The van der Waals surface area contributed by atoms with Gasteiger partial charge in [-0.15, -0.1) is 0 Å². The van der Waals surface area contributed by atoms with E-state index in [0.29, 0.717) is 13.0 Å². The van der Waals surface area contributed by atoms with Crippen molar-refractivity contribution in [3.8, 4) is 0 Å². The summed E-state index contributed by atoms with van der Waals surface area (Å²) < 4.78 is 4.80.